The molecule has 0 bridgehead atoms. The highest BCUT2D eigenvalue weighted by Gasteiger charge is 2.36. The molecule has 3 aliphatic rings. The molecular weight excluding hydrogens is 716 g/mol. The third-order valence-corrected chi connectivity index (χ3v) is 12.1. The van der Waals surface area contributed by atoms with E-state index >= 15 is 4.39 Å². The molecule has 1 aliphatic carbocycles. The van der Waals surface area contributed by atoms with Crippen LogP contribution in [0.5, 0.6) is 0 Å². The van der Waals surface area contributed by atoms with Crippen LogP contribution >= 0.6 is 0 Å². The van der Waals surface area contributed by atoms with E-state index < -0.39 is 23.7 Å². The molecule has 294 valence electrons. The number of carbonyl (C=O) groups is 3. The van der Waals surface area contributed by atoms with Crippen LogP contribution < -0.4 is 16.3 Å². The zero-order valence-corrected chi connectivity index (χ0v) is 32.3. The number of para-hydroxylation sites is 1. The number of piperidine rings is 2. The van der Waals surface area contributed by atoms with E-state index in [2.05, 4.69) is 20.5 Å². The fourth-order valence-electron chi connectivity index (χ4n) is 9.18. The molecule has 0 radical (unpaired) electrons. The molecule has 3 amide bonds. The van der Waals surface area contributed by atoms with Gasteiger partial charge in [0.25, 0.3) is 5.91 Å². The lowest BCUT2D eigenvalue weighted by atomic mass is 9.83. The Hall–Kier alpha value is -5.21. The van der Waals surface area contributed by atoms with Crippen molar-refractivity contribution in [3.05, 3.63) is 87.7 Å². The summed E-state index contributed by atoms with van der Waals surface area (Å²) in [7, 11) is 1.66. The zero-order chi connectivity index (χ0) is 39.5. The van der Waals surface area contributed by atoms with Crippen LogP contribution in [0.1, 0.15) is 104 Å². The highest BCUT2D eigenvalue weighted by Crippen LogP contribution is 2.39. The summed E-state index contributed by atoms with van der Waals surface area (Å²) in [5.41, 5.74) is 3.31. The number of aromatic nitrogens is 5. The number of hydrogen-bond donors (Lipinski definition) is 3. The van der Waals surface area contributed by atoms with E-state index in [9.17, 15) is 24.3 Å². The lowest BCUT2D eigenvalue weighted by Gasteiger charge is -2.38. The second-order valence-corrected chi connectivity index (χ2v) is 16.5. The molecule has 3 aromatic heterocycles. The predicted molar refractivity (Wildman–Crippen MR) is 210 cm³/mol. The summed E-state index contributed by atoms with van der Waals surface area (Å²) in [6.45, 7) is 7.09. The molecule has 0 spiro atoms. The summed E-state index contributed by atoms with van der Waals surface area (Å²) >= 11 is 0. The number of fused-ring (bicyclic) bond motifs is 2. The van der Waals surface area contributed by atoms with E-state index in [0.29, 0.717) is 46.9 Å². The van der Waals surface area contributed by atoms with Crippen LogP contribution in [0.4, 0.5) is 10.1 Å². The number of aliphatic hydroxyl groups is 1. The molecule has 2 aliphatic heterocycles. The van der Waals surface area contributed by atoms with E-state index in [-0.39, 0.29) is 42.3 Å². The molecule has 5 aromatic rings. The molecule has 14 heteroatoms. The monoisotopic (exact) mass is 764 g/mol. The molecule has 2 saturated heterocycles. The number of rotatable bonds is 8. The number of anilines is 1. The van der Waals surface area contributed by atoms with Crippen molar-refractivity contribution in [2.45, 2.75) is 95.5 Å². The molecule has 3 N–H and O–H groups in total. The van der Waals surface area contributed by atoms with Gasteiger partial charge in [0.1, 0.15) is 17.9 Å². The van der Waals surface area contributed by atoms with E-state index in [4.69, 9.17) is 5.10 Å². The van der Waals surface area contributed by atoms with E-state index in [0.717, 1.165) is 60.9 Å². The molecule has 13 nitrogen and oxygen atoms in total. The van der Waals surface area contributed by atoms with Crippen LogP contribution in [0.2, 0.25) is 0 Å². The Balaban J connectivity index is 0.912. The third-order valence-electron chi connectivity index (χ3n) is 12.1. The van der Waals surface area contributed by atoms with Gasteiger partial charge in [-0.25, -0.2) is 14.2 Å². The summed E-state index contributed by atoms with van der Waals surface area (Å²) in [4.78, 5) is 57.6. The number of alkyl halides is 1. The van der Waals surface area contributed by atoms with Gasteiger partial charge >= 0.3 is 5.69 Å². The number of aryl methyl sites for hydroxylation is 2. The van der Waals surface area contributed by atoms with Gasteiger partial charge in [-0.1, -0.05) is 18.2 Å². The minimum absolute atomic E-state index is 0.160. The number of halogens is 1. The van der Waals surface area contributed by atoms with Crippen LogP contribution in [0.15, 0.2) is 59.5 Å². The van der Waals surface area contributed by atoms with Crippen LogP contribution in [0, 0.1) is 12.8 Å². The first-order valence-electron chi connectivity index (χ1n) is 19.7. The predicted octanol–water partition coefficient (Wildman–Crippen LogP) is 5.41. The van der Waals surface area contributed by atoms with Crippen LogP contribution in [-0.2, 0) is 22.2 Å². The van der Waals surface area contributed by atoms with Crippen LogP contribution in [0.25, 0.3) is 21.9 Å². The minimum atomic E-state index is -1.22. The highest BCUT2D eigenvalue weighted by molar-refractivity contribution is 6.04. The highest BCUT2D eigenvalue weighted by atomic mass is 19.1. The van der Waals surface area contributed by atoms with E-state index in [1.807, 2.05) is 48.1 Å². The maximum atomic E-state index is 16.2. The first-order chi connectivity index (χ1) is 26.7. The largest absolute Gasteiger partial charge is 0.386 e. The van der Waals surface area contributed by atoms with Crippen molar-refractivity contribution in [1.29, 1.82) is 0 Å². The number of amides is 3. The Labute approximate surface area is 323 Å². The molecule has 3 fully saturated rings. The molecule has 1 unspecified atom stereocenters. The Morgan fingerprint density at radius 1 is 1.04 bits per heavy atom. The van der Waals surface area contributed by atoms with Crippen LogP contribution in [-0.4, -0.2) is 77.4 Å². The second kappa shape index (κ2) is 14.7. The topological polar surface area (TPSA) is 156 Å². The standard InChI is InChI=1S/C42H49FN8O5/c1-24-7-5-9-32(44-24)39(53)45-34-19-26-22-50(47-33(26)20-30(34)42(2,3)56)27-13-11-25(12-14-27)21-49-18-17-28(31(43)23-49)29-8-6-10-35-38(29)48(4)41(55)51(35)36-15-16-37(52)46-40(36)54/h5-10,19-20,22,25,27-28,31,36,56H,11-18,21,23H2,1-4H3,(H,45,53)(H,46,52,54)/t25?,27?,28-,31+,36?/m1/s1. The average molecular weight is 765 g/mol. The summed E-state index contributed by atoms with van der Waals surface area (Å²) in [5, 5.41) is 22.1. The van der Waals surface area contributed by atoms with Gasteiger partial charge < -0.3 is 15.3 Å². The van der Waals surface area contributed by atoms with Gasteiger partial charge in [-0.3, -0.25) is 33.5 Å². The number of hydrogen-bond acceptors (Lipinski definition) is 8. The summed E-state index contributed by atoms with van der Waals surface area (Å²) < 4.78 is 21.2. The molecule has 8 rings (SSSR count). The summed E-state index contributed by atoms with van der Waals surface area (Å²) in [6, 6.07) is 13.9. The van der Waals surface area contributed by atoms with Crippen molar-refractivity contribution >= 4 is 45.3 Å². The minimum Gasteiger partial charge on any atom is -0.386 e. The number of nitrogens with zero attached hydrogens (tertiary/aromatic N) is 6. The van der Waals surface area contributed by atoms with Gasteiger partial charge in [0.05, 0.1) is 28.2 Å². The third kappa shape index (κ3) is 7.16. The number of imidazole rings is 1. The Kier molecular flexibility index (Phi) is 9.90. The van der Waals surface area contributed by atoms with Crippen molar-refractivity contribution in [2.24, 2.45) is 13.0 Å². The fraction of sp³-hybridized carbons (Fsp3) is 0.476. The molecule has 56 heavy (non-hydrogen) atoms. The lowest BCUT2D eigenvalue weighted by Crippen LogP contribution is -2.44. The smallest absolute Gasteiger partial charge is 0.329 e. The lowest BCUT2D eigenvalue weighted by molar-refractivity contribution is -0.135. The zero-order valence-electron chi connectivity index (χ0n) is 32.3. The SMILES string of the molecule is Cc1cccc(C(=O)Nc2cc3cn(C4CCC(CN5CC[C@H](c6cccc7c6n(C)c(=O)n7C6CCC(=O)NC6=O)[C@@H](F)C5)CC4)nc3cc2C(C)(C)O)n1. The molecule has 1 saturated carbocycles. The Morgan fingerprint density at radius 3 is 2.52 bits per heavy atom. The first-order valence-corrected chi connectivity index (χ1v) is 19.7. The first kappa shape index (κ1) is 37.7. The normalized spacial score (nSPS) is 23.8. The number of nitrogens with one attached hydrogen (secondary N) is 2. The number of benzene rings is 2. The number of pyridine rings is 1. The van der Waals surface area contributed by atoms with Gasteiger partial charge in [0.15, 0.2) is 0 Å². The molecule has 2 aromatic carbocycles. The van der Waals surface area contributed by atoms with Crippen molar-refractivity contribution < 1.29 is 23.9 Å². The Morgan fingerprint density at radius 2 is 1.80 bits per heavy atom. The van der Waals surface area contributed by atoms with Crippen molar-refractivity contribution in [1.82, 2.24) is 34.1 Å². The number of likely N-dealkylation sites (tertiary alicyclic amines) is 1. The molecular formula is C42H49FN8O5. The van der Waals surface area contributed by atoms with Crippen molar-refractivity contribution in [3.63, 3.8) is 0 Å². The Bertz CT molecular complexity index is 2400. The maximum absolute atomic E-state index is 16.2. The maximum Gasteiger partial charge on any atom is 0.329 e. The van der Waals surface area contributed by atoms with Crippen molar-refractivity contribution in [2.75, 3.05) is 25.0 Å². The van der Waals surface area contributed by atoms with E-state index in [1.54, 1.807) is 39.1 Å². The van der Waals surface area contributed by atoms with Gasteiger partial charge in [0.2, 0.25) is 11.8 Å². The van der Waals surface area contributed by atoms with Gasteiger partial charge in [-0.2, -0.15) is 5.10 Å². The fourth-order valence-corrected chi connectivity index (χ4v) is 9.18. The summed E-state index contributed by atoms with van der Waals surface area (Å²) in [6.07, 6.45) is 5.79. The molecule has 5 heterocycles. The van der Waals surface area contributed by atoms with Crippen molar-refractivity contribution in [3.8, 4) is 0 Å². The summed E-state index contributed by atoms with van der Waals surface area (Å²) in [5.74, 6) is -1.12. The van der Waals surface area contributed by atoms with Gasteiger partial charge in [-0.05, 0) is 108 Å². The molecule has 3 atom stereocenters. The van der Waals surface area contributed by atoms with Crippen LogP contribution in [0.3, 0.4) is 0 Å². The number of imide groups is 1. The van der Waals surface area contributed by atoms with E-state index in [1.165, 1.54) is 9.13 Å². The van der Waals surface area contributed by atoms with Gasteiger partial charge in [-0.15, -0.1) is 0 Å². The second-order valence-electron chi connectivity index (χ2n) is 16.5. The number of carbonyl (C=O) groups excluding carboxylic acids is 3. The van der Waals surface area contributed by atoms with Gasteiger partial charge in [0, 0.05) is 61.0 Å². The quantitative estimate of drug-likeness (QED) is 0.177. The average Bonchev–Trinajstić information content (AvgIpc) is 3.69.